The van der Waals surface area contributed by atoms with E-state index < -0.39 is 17.7 Å². The van der Waals surface area contributed by atoms with E-state index in [1.165, 1.54) is 12.1 Å². The first kappa shape index (κ1) is 23.9. The topological polar surface area (TPSA) is 29.5 Å². The van der Waals surface area contributed by atoms with E-state index in [0.29, 0.717) is 31.0 Å². The number of aryl methyl sites for hydroxylation is 2. The standard InChI is InChI=1S/C29H31F2NO2/c1-20-7-6-10-27(24-8-4-3-5-9-24)28(20)34-21(2)29(33)32-15-13-22(14-16-32)11-12-23-17-25(30)19-26(31)18-23/h3-10,17-19,21-22H,11-16H2,1-2H3. The molecule has 3 nitrogen and oxygen atoms in total. The van der Waals surface area contributed by atoms with Crippen molar-refractivity contribution in [1.29, 1.82) is 0 Å². The lowest BCUT2D eigenvalue weighted by atomic mass is 9.90. The summed E-state index contributed by atoms with van der Waals surface area (Å²) in [5, 5.41) is 0. The van der Waals surface area contributed by atoms with E-state index in [0.717, 1.165) is 47.8 Å². The number of amides is 1. The maximum atomic E-state index is 13.4. The van der Waals surface area contributed by atoms with Crippen molar-refractivity contribution >= 4 is 5.91 Å². The number of nitrogens with zero attached hydrogens (tertiary/aromatic N) is 1. The number of ether oxygens (including phenoxy) is 1. The van der Waals surface area contributed by atoms with Gasteiger partial charge in [-0.2, -0.15) is 0 Å². The predicted molar refractivity (Wildman–Crippen MR) is 131 cm³/mol. The molecule has 1 aliphatic heterocycles. The molecule has 1 atom stereocenters. The van der Waals surface area contributed by atoms with Crippen LogP contribution in [0.4, 0.5) is 8.78 Å². The molecule has 1 heterocycles. The predicted octanol–water partition coefficient (Wildman–Crippen LogP) is 6.58. The molecule has 1 fully saturated rings. The van der Waals surface area contributed by atoms with Crippen molar-refractivity contribution < 1.29 is 18.3 Å². The smallest absolute Gasteiger partial charge is 0.263 e. The Morgan fingerprint density at radius 3 is 2.35 bits per heavy atom. The Morgan fingerprint density at radius 1 is 1.00 bits per heavy atom. The highest BCUT2D eigenvalue weighted by molar-refractivity contribution is 5.82. The molecule has 1 saturated heterocycles. The monoisotopic (exact) mass is 463 g/mol. The lowest BCUT2D eigenvalue weighted by Gasteiger charge is -2.34. The van der Waals surface area contributed by atoms with Gasteiger partial charge in [0.15, 0.2) is 6.10 Å². The summed E-state index contributed by atoms with van der Waals surface area (Å²) in [4.78, 5) is 15.0. The van der Waals surface area contributed by atoms with E-state index in [9.17, 15) is 13.6 Å². The van der Waals surface area contributed by atoms with Crippen LogP contribution in [-0.2, 0) is 11.2 Å². The molecule has 0 aliphatic carbocycles. The van der Waals surface area contributed by atoms with E-state index in [2.05, 4.69) is 0 Å². The molecule has 0 bridgehead atoms. The van der Waals surface area contributed by atoms with Gasteiger partial charge in [-0.25, -0.2) is 8.78 Å². The number of carbonyl (C=O) groups is 1. The van der Waals surface area contributed by atoms with Crippen LogP contribution in [0.25, 0.3) is 11.1 Å². The highest BCUT2D eigenvalue weighted by Gasteiger charge is 2.28. The van der Waals surface area contributed by atoms with Crippen LogP contribution in [0.15, 0.2) is 66.7 Å². The fourth-order valence-corrected chi connectivity index (χ4v) is 4.71. The zero-order valence-electron chi connectivity index (χ0n) is 19.8. The van der Waals surface area contributed by atoms with Crippen LogP contribution in [0.1, 0.15) is 37.3 Å². The molecule has 1 amide bonds. The molecule has 0 aromatic heterocycles. The molecule has 0 N–H and O–H groups in total. The summed E-state index contributed by atoms with van der Waals surface area (Å²) < 4.78 is 33.1. The number of likely N-dealkylation sites (tertiary alicyclic amines) is 1. The van der Waals surface area contributed by atoms with Gasteiger partial charge in [-0.05, 0) is 74.3 Å². The number of benzene rings is 3. The van der Waals surface area contributed by atoms with Crippen LogP contribution in [0.2, 0.25) is 0 Å². The van der Waals surface area contributed by atoms with Gasteiger partial charge in [0, 0.05) is 24.7 Å². The summed E-state index contributed by atoms with van der Waals surface area (Å²) in [5.74, 6) is 0.106. The number of hydrogen-bond donors (Lipinski definition) is 0. The summed E-state index contributed by atoms with van der Waals surface area (Å²) >= 11 is 0. The number of halogens is 2. The molecule has 34 heavy (non-hydrogen) atoms. The average molecular weight is 464 g/mol. The van der Waals surface area contributed by atoms with Gasteiger partial charge >= 0.3 is 0 Å². The minimum Gasteiger partial charge on any atom is -0.480 e. The Bertz CT molecular complexity index is 1100. The van der Waals surface area contributed by atoms with Crippen LogP contribution in [0.3, 0.4) is 0 Å². The Labute approximate surface area is 200 Å². The molecular formula is C29H31F2NO2. The highest BCUT2D eigenvalue weighted by atomic mass is 19.1. The number of para-hydroxylation sites is 1. The minimum absolute atomic E-state index is 0.00656. The van der Waals surface area contributed by atoms with E-state index in [4.69, 9.17) is 4.74 Å². The second kappa shape index (κ2) is 10.8. The first-order valence-corrected chi connectivity index (χ1v) is 12.0. The highest BCUT2D eigenvalue weighted by Crippen LogP contribution is 2.34. The maximum absolute atomic E-state index is 13.4. The van der Waals surface area contributed by atoms with Crippen molar-refractivity contribution in [2.75, 3.05) is 13.1 Å². The lowest BCUT2D eigenvalue weighted by molar-refractivity contribution is -0.139. The molecule has 4 rings (SSSR count). The van der Waals surface area contributed by atoms with Crippen LogP contribution in [0.5, 0.6) is 5.75 Å². The van der Waals surface area contributed by atoms with Crippen molar-refractivity contribution in [3.8, 4) is 16.9 Å². The van der Waals surface area contributed by atoms with Crippen molar-refractivity contribution in [3.05, 3.63) is 89.5 Å². The zero-order valence-corrected chi connectivity index (χ0v) is 19.8. The van der Waals surface area contributed by atoms with Crippen molar-refractivity contribution in [1.82, 2.24) is 4.90 Å². The van der Waals surface area contributed by atoms with Gasteiger partial charge in [0.1, 0.15) is 17.4 Å². The number of rotatable bonds is 7. The van der Waals surface area contributed by atoms with Gasteiger partial charge in [-0.1, -0.05) is 48.5 Å². The van der Waals surface area contributed by atoms with E-state index >= 15 is 0 Å². The third-order valence-electron chi connectivity index (χ3n) is 6.63. The SMILES string of the molecule is Cc1cccc(-c2ccccc2)c1OC(C)C(=O)N1CCC(CCc2cc(F)cc(F)c2)CC1. The van der Waals surface area contributed by atoms with Crippen LogP contribution in [0, 0.1) is 24.5 Å². The quantitative estimate of drug-likeness (QED) is 0.396. The maximum Gasteiger partial charge on any atom is 0.263 e. The largest absolute Gasteiger partial charge is 0.480 e. The van der Waals surface area contributed by atoms with Crippen LogP contribution < -0.4 is 4.74 Å². The van der Waals surface area contributed by atoms with Gasteiger partial charge in [-0.3, -0.25) is 4.79 Å². The normalized spacial score (nSPS) is 15.2. The first-order chi connectivity index (χ1) is 16.4. The molecule has 1 aliphatic rings. The molecular weight excluding hydrogens is 432 g/mol. The van der Waals surface area contributed by atoms with Crippen molar-refractivity contribution in [2.24, 2.45) is 5.92 Å². The van der Waals surface area contributed by atoms with Crippen molar-refractivity contribution in [3.63, 3.8) is 0 Å². The Kier molecular flexibility index (Phi) is 7.61. The van der Waals surface area contributed by atoms with Gasteiger partial charge in [0.2, 0.25) is 0 Å². The van der Waals surface area contributed by atoms with E-state index in [1.807, 2.05) is 67.3 Å². The molecule has 3 aromatic carbocycles. The fraction of sp³-hybridized carbons (Fsp3) is 0.345. The van der Waals surface area contributed by atoms with Gasteiger partial charge < -0.3 is 9.64 Å². The lowest BCUT2D eigenvalue weighted by Crippen LogP contribution is -2.44. The van der Waals surface area contributed by atoms with Gasteiger partial charge in [0.05, 0.1) is 0 Å². The second-order valence-electron chi connectivity index (χ2n) is 9.16. The molecule has 1 unspecified atom stereocenters. The van der Waals surface area contributed by atoms with E-state index in [-0.39, 0.29) is 5.91 Å². The molecule has 3 aromatic rings. The van der Waals surface area contributed by atoms with Crippen LogP contribution in [-0.4, -0.2) is 30.0 Å². The second-order valence-corrected chi connectivity index (χ2v) is 9.16. The number of piperidine rings is 1. The number of carbonyl (C=O) groups excluding carboxylic acids is 1. The molecule has 0 radical (unpaired) electrons. The summed E-state index contributed by atoms with van der Waals surface area (Å²) in [6.45, 7) is 5.16. The summed E-state index contributed by atoms with van der Waals surface area (Å²) in [7, 11) is 0. The Morgan fingerprint density at radius 2 is 1.68 bits per heavy atom. The number of hydrogen-bond acceptors (Lipinski definition) is 2. The third kappa shape index (κ3) is 5.82. The molecule has 0 spiro atoms. The van der Waals surface area contributed by atoms with Gasteiger partial charge in [-0.15, -0.1) is 0 Å². The Hall–Kier alpha value is -3.21. The summed E-state index contributed by atoms with van der Waals surface area (Å²) in [6.07, 6.45) is 2.68. The van der Waals surface area contributed by atoms with Crippen LogP contribution >= 0.6 is 0 Å². The third-order valence-corrected chi connectivity index (χ3v) is 6.63. The summed E-state index contributed by atoms with van der Waals surface area (Å²) in [6, 6.07) is 19.7. The molecule has 0 saturated carbocycles. The zero-order chi connectivity index (χ0) is 24.1. The average Bonchev–Trinajstić information content (AvgIpc) is 2.84. The van der Waals surface area contributed by atoms with Crippen molar-refractivity contribution in [2.45, 2.75) is 45.6 Å². The minimum atomic E-state index is -0.588. The molecule has 5 heteroatoms. The Balaban J connectivity index is 1.33. The molecule has 178 valence electrons. The van der Waals surface area contributed by atoms with Gasteiger partial charge in [0.25, 0.3) is 5.91 Å². The summed E-state index contributed by atoms with van der Waals surface area (Å²) in [5.41, 5.74) is 3.71. The fourth-order valence-electron chi connectivity index (χ4n) is 4.71. The van der Waals surface area contributed by atoms with E-state index in [1.54, 1.807) is 0 Å². The first-order valence-electron chi connectivity index (χ1n) is 12.0.